The number of urea groups is 1. The molecule has 5 nitrogen and oxygen atoms in total. The molecule has 2 amide bonds. The molecule has 1 rings (SSSR count). The highest BCUT2D eigenvalue weighted by molar-refractivity contribution is 6.36. The molecule has 0 aliphatic carbocycles. The molecule has 0 aromatic carbocycles. The predicted octanol–water partition coefficient (Wildman–Crippen LogP) is 0.345. The molecule has 0 bridgehead atoms. The van der Waals surface area contributed by atoms with Gasteiger partial charge in [0.2, 0.25) is 0 Å². The molecule has 0 atom stereocenters. The zero-order valence-corrected chi connectivity index (χ0v) is 12.3. The Kier molecular flexibility index (Phi) is 7.23. The highest BCUT2D eigenvalue weighted by Crippen LogP contribution is 2.03. The predicted molar refractivity (Wildman–Crippen MR) is 70.0 cm³/mol. The second kappa shape index (κ2) is 8.49. The van der Waals surface area contributed by atoms with Gasteiger partial charge < -0.3 is 19.7 Å². The highest BCUT2D eigenvalue weighted by atomic mass is 28.2. The Morgan fingerprint density at radius 3 is 2.65 bits per heavy atom. The van der Waals surface area contributed by atoms with E-state index in [9.17, 15) is 4.79 Å². The summed E-state index contributed by atoms with van der Waals surface area (Å²) in [5, 5.41) is 2.81. The number of ether oxygens (including phenoxy) is 2. The minimum absolute atomic E-state index is 0.0532. The van der Waals surface area contributed by atoms with Gasteiger partial charge in [0.1, 0.15) is 5.91 Å². The maximum Gasteiger partial charge on any atom is 0.317 e. The zero-order valence-electron chi connectivity index (χ0n) is 10.9. The Bertz CT molecular complexity index is 223. The van der Waals surface area contributed by atoms with E-state index in [4.69, 9.17) is 9.47 Å². The van der Waals surface area contributed by atoms with Crippen molar-refractivity contribution in [3.8, 4) is 0 Å². The number of amides is 2. The summed E-state index contributed by atoms with van der Waals surface area (Å²) in [4.78, 5) is 13.2. The molecule has 1 N–H and O–H groups in total. The maximum atomic E-state index is 11.3. The van der Waals surface area contributed by atoms with Crippen LogP contribution in [0.3, 0.4) is 0 Å². The Hall–Kier alpha value is -0.593. The number of hydrogen-bond acceptors (Lipinski definition) is 3. The average molecular weight is 260 g/mol. The van der Waals surface area contributed by atoms with E-state index in [1.807, 2.05) is 18.7 Å². The number of nitrogens with zero attached hydrogens (tertiary/aromatic N) is 1. The lowest BCUT2D eigenvalue weighted by atomic mass is 10.4. The standard InChI is InChI=1S/C11H24N2O3Si/c1-3-15-11(16-4-2)17-9-5-7-13-8-6-12-10(13)14/h11H,3-9,17H2,1-2H3,(H,12,14). The third-order valence-corrected chi connectivity index (χ3v) is 4.62. The fraction of sp³-hybridized carbons (Fsp3) is 0.909. The van der Waals surface area contributed by atoms with Crippen LogP contribution in [-0.2, 0) is 9.47 Å². The Morgan fingerprint density at radius 2 is 2.12 bits per heavy atom. The molecule has 17 heavy (non-hydrogen) atoms. The topological polar surface area (TPSA) is 50.8 Å². The van der Waals surface area contributed by atoms with Gasteiger partial charge >= 0.3 is 6.03 Å². The molecule has 0 spiro atoms. The minimum atomic E-state index is -0.354. The molecule has 1 heterocycles. The molecule has 1 saturated heterocycles. The van der Waals surface area contributed by atoms with Crippen LogP contribution < -0.4 is 5.32 Å². The number of rotatable bonds is 9. The van der Waals surface area contributed by atoms with Crippen LogP contribution in [0.1, 0.15) is 20.3 Å². The second-order valence-electron chi connectivity index (χ2n) is 4.06. The largest absolute Gasteiger partial charge is 0.357 e. The molecule has 0 saturated carbocycles. The van der Waals surface area contributed by atoms with E-state index in [0.29, 0.717) is 13.2 Å². The van der Waals surface area contributed by atoms with E-state index in [1.165, 1.54) is 0 Å². The molecular formula is C11H24N2O3Si. The van der Waals surface area contributed by atoms with E-state index in [1.54, 1.807) is 0 Å². The van der Waals surface area contributed by atoms with Crippen molar-refractivity contribution in [1.29, 1.82) is 0 Å². The van der Waals surface area contributed by atoms with Crippen LogP contribution in [0, 0.1) is 0 Å². The molecule has 6 heteroatoms. The average Bonchev–Trinajstić information content (AvgIpc) is 2.71. The maximum absolute atomic E-state index is 11.3. The first kappa shape index (κ1) is 14.5. The first-order chi connectivity index (χ1) is 8.27. The molecule has 0 unspecified atom stereocenters. The zero-order chi connectivity index (χ0) is 12.5. The summed E-state index contributed by atoms with van der Waals surface area (Å²) >= 11 is 0. The van der Waals surface area contributed by atoms with Crippen molar-refractivity contribution in [2.75, 3.05) is 32.8 Å². The number of carbonyl (C=O) groups excluding carboxylic acids is 1. The monoisotopic (exact) mass is 260 g/mol. The van der Waals surface area contributed by atoms with E-state index in [-0.39, 0.29) is 21.5 Å². The van der Waals surface area contributed by atoms with Gasteiger partial charge in [-0.15, -0.1) is 0 Å². The van der Waals surface area contributed by atoms with Gasteiger partial charge in [-0.05, 0) is 20.3 Å². The lowest BCUT2D eigenvalue weighted by molar-refractivity contribution is -0.0827. The molecule has 1 fully saturated rings. The van der Waals surface area contributed by atoms with Gasteiger partial charge in [0.15, 0.2) is 0 Å². The lowest BCUT2D eigenvalue weighted by Gasteiger charge is -2.17. The van der Waals surface area contributed by atoms with Gasteiger partial charge in [-0.2, -0.15) is 0 Å². The summed E-state index contributed by atoms with van der Waals surface area (Å²) < 4.78 is 11.0. The quantitative estimate of drug-likeness (QED) is 0.370. The van der Waals surface area contributed by atoms with Crippen molar-refractivity contribution in [2.45, 2.75) is 32.2 Å². The molecule has 1 aliphatic rings. The van der Waals surface area contributed by atoms with E-state index in [2.05, 4.69) is 5.32 Å². The van der Waals surface area contributed by atoms with E-state index >= 15 is 0 Å². The summed E-state index contributed by atoms with van der Waals surface area (Å²) in [5.74, 6) is 0.0532. The third-order valence-electron chi connectivity index (χ3n) is 2.77. The van der Waals surface area contributed by atoms with Crippen LogP contribution in [0.5, 0.6) is 0 Å². The van der Waals surface area contributed by atoms with Gasteiger partial charge in [0.05, 0.1) is 9.52 Å². The first-order valence-electron chi connectivity index (χ1n) is 6.53. The summed E-state index contributed by atoms with van der Waals surface area (Å²) in [6.45, 7) is 7.92. The highest BCUT2D eigenvalue weighted by Gasteiger charge is 2.18. The van der Waals surface area contributed by atoms with E-state index < -0.39 is 0 Å². The Balaban J connectivity index is 2.07. The van der Waals surface area contributed by atoms with Crippen LogP contribution >= 0.6 is 0 Å². The molecular weight excluding hydrogens is 236 g/mol. The summed E-state index contributed by atoms with van der Waals surface area (Å²) in [7, 11) is -0.354. The van der Waals surface area contributed by atoms with Gasteiger partial charge in [0.25, 0.3) is 0 Å². The smallest absolute Gasteiger partial charge is 0.317 e. The van der Waals surface area contributed by atoms with Crippen LogP contribution in [-0.4, -0.2) is 59.2 Å². The fourth-order valence-electron chi connectivity index (χ4n) is 1.92. The Labute approximate surface area is 106 Å². The van der Waals surface area contributed by atoms with Gasteiger partial charge in [-0.25, -0.2) is 4.79 Å². The lowest BCUT2D eigenvalue weighted by Crippen LogP contribution is -2.30. The van der Waals surface area contributed by atoms with Crippen molar-refractivity contribution in [3.05, 3.63) is 0 Å². The summed E-state index contributed by atoms with van der Waals surface area (Å²) in [6.07, 6.45) is 1.07. The van der Waals surface area contributed by atoms with Crippen molar-refractivity contribution in [3.63, 3.8) is 0 Å². The van der Waals surface area contributed by atoms with Crippen molar-refractivity contribution in [1.82, 2.24) is 10.2 Å². The van der Waals surface area contributed by atoms with Gasteiger partial charge in [0, 0.05) is 32.8 Å². The molecule has 0 aromatic rings. The van der Waals surface area contributed by atoms with Gasteiger partial charge in [-0.1, -0.05) is 6.04 Å². The van der Waals surface area contributed by atoms with Crippen molar-refractivity contribution < 1.29 is 14.3 Å². The van der Waals surface area contributed by atoms with Gasteiger partial charge in [-0.3, -0.25) is 0 Å². The van der Waals surface area contributed by atoms with Crippen molar-refractivity contribution >= 4 is 15.6 Å². The Morgan fingerprint density at radius 1 is 1.41 bits per heavy atom. The normalized spacial score (nSPS) is 16.4. The van der Waals surface area contributed by atoms with Crippen LogP contribution in [0.2, 0.25) is 6.04 Å². The third kappa shape index (κ3) is 5.52. The molecule has 0 aromatic heterocycles. The van der Waals surface area contributed by atoms with Crippen LogP contribution in [0.4, 0.5) is 4.79 Å². The molecule has 100 valence electrons. The first-order valence-corrected chi connectivity index (χ1v) is 8.35. The van der Waals surface area contributed by atoms with Crippen LogP contribution in [0.25, 0.3) is 0 Å². The summed E-state index contributed by atoms with van der Waals surface area (Å²) in [6, 6.07) is 1.24. The minimum Gasteiger partial charge on any atom is -0.357 e. The number of carbonyl (C=O) groups is 1. The second-order valence-corrected chi connectivity index (χ2v) is 6.01. The molecule has 1 aliphatic heterocycles. The SMILES string of the molecule is CCOC(OCC)[SiH2]CCCN1CCNC1=O. The van der Waals surface area contributed by atoms with Crippen LogP contribution in [0.15, 0.2) is 0 Å². The summed E-state index contributed by atoms with van der Waals surface area (Å²) in [5.41, 5.74) is 0. The molecule has 0 radical (unpaired) electrons. The van der Waals surface area contributed by atoms with Crippen molar-refractivity contribution in [2.24, 2.45) is 0 Å². The number of nitrogens with one attached hydrogen (secondary N) is 1. The fourth-order valence-corrected chi connectivity index (χ4v) is 3.58. The number of hydrogen-bond donors (Lipinski definition) is 1. The van der Waals surface area contributed by atoms with E-state index in [0.717, 1.165) is 32.1 Å².